The van der Waals surface area contributed by atoms with E-state index in [0.29, 0.717) is 22.8 Å². The second-order valence-electron chi connectivity index (χ2n) is 5.63. The fourth-order valence-electron chi connectivity index (χ4n) is 2.32. The molecule has 0 aromatic heterocycles. The predicted octanol–water partition coefficient (Wildman–Crippen LogP) is 3.90. The van der Waals surface area contributed by atoms with Crippen molar-refractivity contribution in [3.63, 3.8) is 0 Å². The molecule has 0 unspecified atom stereocenters. The van der Waals surface area contributed by atoms with Gasteiger partial charge in [-0.3, -0.25) is 10.1 Å². The van der Waals surface area contributed by atoms with Crippen molar-refractivity contribution in [1.29, 1.82) is 0 Å². The number of esters is 1. The Morgan fingerprint density at radius 1 is 1.04 bits per heavy atom. The van der Waals surface area contributed by atoms with Gasteiger partial charge in [-0.25, -0.2) is 13.9 Å². The fourth-order valence-corrected chi connectivity index (χ4v) is 3.13. The SMILES string of the molecule is CCCSN(C(=O)NC(=O)c1ccccc1)c1cc(C(=O)OC)ccc1OC. The number of rotatable bonds is 7. The summed E-state index contributed by atoms with van der Waals surface area (Å²) in [6.45, 7) is 1.97. The topological polar surface area (TPSA) is 84.9 Å². The van der Waals surface area contributed by atoms with E-state index >= 15 is 0 Å². The van der Waals surface area contributed by atoms with Crippen LogP contribution in [0.2, 0.25) is 0 Å². The van der Waals surface area contributed by atoms with Crippen molar-refractivity contribution in [3.05, 3.63) is 59.7 Å². The summed E-state index contributed by atoms with van der Waals surface area (Å²) in [5.41, 5.74) is 0.983. The van der Waals surface area contributed by atoms with Gasteiger partial charge in [0, 0.05) is 11.3 Å². The van der Waals surface area contributed by atoms with E-state index < -0.39 is 17.9 Å². The van der Waals surface area contributed by atoms with Gasteiger partial charge in [0.2, 0.25) is 0 Å². The largest absolute Gasteiger partial charge is 0.495 e. The van der Waals surface area contributed by atoms with E-state index in [1.54, 1.807) is 42.5 Å². The number of urea groups is 1. The number of amides is 3. The van der Waals surface area contributed by atoms with Crippen LogP contribution >= 0.6 is 11.9 Å². The maximum absolute atomic E-state index is 12.9. The maximum atomic E-state index is 12.9. The van der Waals surface area contributed by atoms with Gasteiger partial charge in [0.25, 0.3) is 5.91 Å². The lowest BCUT2D eigenvalue weighted by atomic mass is 10.2. The van der Waals surface area contributed by atoms with E-state index in [1.165, 1.54) is 36.5 Å². The zero-order chi connectivity index (χ0) is 20.5. The predicted molar refractivity (Wildman–Crippen MR) is 109 cm³/mol. The summed E-state index contributed by atoms with van der Waals surface area (Å²) in [4.78, 5) is 37.1. The van der Waals surface area contributed by atoms with Gasteiger partial charge in [0.05, 0.1) is 25.5 Å². The molecule has 0 saturated heterocycles. The van der Waals surface area contributed by atoms with Crippen molar-refractivity contribution in [2.45, 2.75) is 13.3 Å². The second kappa shape index (κ2) is 10.4. The molecule has 0 saturated carbocycles. The number of carbonyl (C=O) groups is 3. The highest BCUT2D eigenvalue weighted by molar-refractivity contribution is 8.01. The fraction of sp³-hybridized carbons (Fsp3) is 0.250. The molecule has 0 heterocycles. The number of imide groups is 1. The highest BCUT2D eigenvalue weighted by Crippen LogP contribution is 2.34. The first-order valence-electron chi connectivity index (χ1n) is 8.61. The lowest BCUT2D eigenvalue weighted by molar-refractivity contribution is 0.0600. The van der Waals surface area contributed by atoms with Crippen LogP contribution in [-0.4, -0.2) is 37.9 Å². The van der Waals surface area contributed by atoms with Gasteiger partial charge < -0.3 is 9.47 Å². The van der Waals surface area contributed by atoms with Crippen molar-refractivity contribution in [1.82, 2.24) is 5.32 Å². The van der Waals surface area contributed by atoms with Crippen LogP contribution < -0.4 is 14.4 Å². The van der Waals surface area contributed by atoms with Crippen LogP contribution in [0, 0.1) is 0 Å². The molecule has 0 spiro atoms. The lowest BCUT2D eigenvalue weighted by Gasteiger charge is -2.23. The zero-order valence-electron chi connectivity index (χ0n) is 15.9. The second-order valence-corrected chi connectivity index (χ2v) is 6.66. The summed E-state index contributed by atoms with van der Waals surface area (Å²) in [6, 6.07) is 12.4. The summed E-state index contributed by atoms with van der Waals surface area (Å²) in [7, 11) is 2.74. The number of nitrogens with one attached hydrogen (secondary N) is 1. The molecule has 0 radical (unpaired) electrons. The van der Waals surface area contributed by atoms with Crippen molar-refractivity contribution in [2.75, 3.05) is 24.3 Å². The molecule has 2 rings (SSSR count). The minimum absolute atomic E-state index is 0.266. The summed E-state index contributed by atoms with van der Waals surface area (Å²) in [6.07, 6.45) is 0.806. The van der Waals surface area contributed by atoms with Crippen molar-refractivity contribution in [2.24, 2.45) is 0 Å². The summed E-state index contributed by atoms with van der Waals surface area (Å²) in [5, 5.41) is 2.37. The van der Waals surface area contributed by atoms with Crippen molar-refractivity contribution in [3.8, 4) is 5.75 Å². The molecule has 1 N–H and O–H groups in total. The first kappa shape index (κ1) is 21.3. The van der Waals surface area contributed by atoms with Crippen LogP contribution in [0.3, 0.4) is 0 Å². The third kappa shape index (κ3) is 5.26. The number of ether oxygens (including phenoxy) is 2. The maximum Gasteiger partial charge on any atom is 0.339 e. The third-order valence-corrected chi connectivity index (χ3v) is 4.90. The number of anilines is 1. The van der Waals surface area contributed by atoms with E-state index in [-0.39, 0.29) is 5.56 Å². The Bertz CT molecular complexity index is 842. The van der Waals surface area contributed by atoms with Gasteiger partial charge in [-0.2, -0.15) is 0 Å². The van der Waals surface area contributed by atoms with Crippen LogP contribution in [0.15, 0.2) is 48.5 Å². The van der Waals surface area contributed by atoms with Gasteiger partial charge in [0.15, 0.2) is 0 Å². The van der Waals surface area contributed by atoms with Crippen molar-refractivity contribution < 1.29 is 23.9 Å². The van der Waals surface area contributed by atoms with E-state index in [0.717, 1.165) is 6.42 Å². The van der Waals surface area contributed by atoms with Crippen LogP contribution in [0.25, 0.3) is 0 Å². The lowest BCUT2D eigenvalue weighted by Crippen LogP contribution is -2.40. The molecular formula is C20H22N2O5S. The number of nitrogens with zero attached hydrogens (tertiary/aromatic N) is 1. The molecule has 7 nitrogen and oxygen atoms in total. The monoisotopic (exact) mass is 402 g/mol. The molecule has 0 aliphatic carbocycles. The first-order valence-corrected chi connectivity index (χ1v) is 9.55. The quantitative estimate of drug-likeness (QED) is 0.559. The summed E-state index contributed by atoms with van der Waals surface area (Å²) >= 11 is 1.21. The molecular weight excluding hydrogens is 380 g/mol. The highest BCUT2D eigenvalue weighted by atomic mass is 32.2. The molecule has 0 bridgehead atoms. The third-order valence-electron chi connectivity index (χ3n) is 3.68. The first-order chi connectivity index (χ1) is 13.5. The Kier molecular flexibility index (Phi) is 7.88. The average molecular weight is 402 g/mol. The molecule has 0 aliphatic rings. The number of carbonyl (C=O) groups excluding carboxylic acids is 3. The Labute approximate surface area is 168 Å². The van der Waals surface area contributed by atoms with Gasteiger partial charge in [-0.15, -0.1) is 0 Å². The molecule has 28 heavy (non-hydrogen) atoms. The molecule has 0 atom stereocenters. The van der Waals surface area contributed by atoms with Crippen LogP contribution in [0.4, 0.5) is 10.5 Å². The van der Waals surface area contributed by atoms with Gasteiger partial charge in [-0.05, 0) is 48.7 Å². The smallest absolute Gasteiger partial charge is 0.339 e. The Morgan fingerprint density at radius 3 is 2.36 bits per heavy atom. The molecule has 8 heteroatoms. The normalized spacial score (nSPS) is 10.1. The van der Waals surface area contributed by atoms with E-state index in [2.05, 4.69) is 5.32 Å². The Morgan fingerprint density at radius 2 is 1.75 bits per heavy atom. The summed E-state index contributed by atoms with van der Waals surface area (Å²) in [5.74, 6) is -0.0436. The van der Waals surface area contributed by atoms with Crippen LogP contribution in [-0.2, 0) is 4.74 Å². The standard InChI is InChI=1S/C20H22N2O5S/c1-4-12-28-22(20(25)21-18(23)14-8-6-5-7-9-14)16-13-15(19(24)27-3)10-11-17(16)26-2/h5-11,13H,4,12H2,1-3H3,(H,21,23,25). The number of hydrogen-bond acceptors (Lipinski definition) is 6. The van der Waals surface area contributed by atoms with Crippen LogP contribution in [0.5, 0.6) is 5.75 Å². The van der Waals surface area contributed by atoms with Gasteiger partial charge in [-0.1, -0.05) is 25.1 Å². The van der Waals surface area contributed by atoms with E-state index in [9.17, 15) is 14.4 Å². The number of hydrogen-bond donors (Lipinski definition) is 1. The zero-order valence-corrected chi connectivity index (χ0v) is 16.7. The summed E-state index contributed by atoms with van der Waals surface area (Å²) < 4.78 is 11.4. The molecule has 3 amide bonds. The van der Waals surface area contributed by atoms with E-state index in [4.69, 9.17) is 9.47 Å². The molecule has 148 valence electrons. The van der Waals surface area contributed by atoms with Crippen molar-refractivity contribution >= 4 is 35.5 Å². The average Bonchev–Trinajstić information content (AvgIpc) is 2.73. The molecule has 0 fully saturated rings. The Balaban J connectivity index is 2.35. The van der Waals surface area contributed by atoms with Crippen LogP contribution in [0.1, 0.15) is 34.1 Å². The minimum Gasteiger partial charge on any atom is -0.495 e. The molecule has 2 aromatic rings. The van der Waals surface area contributed by atoms with Gasteiger partial charge in [0.1, 0.15) is 5.75 Å². The molecule has 0 aliphatic heterocycles. The number of methoxy groups -OCH3 is 2. The van der Waals surface area contributed by atoms with E-state index in [1.807, 2.05) is 6.92 Å². The van der Waals surface area contributed by atoms with Gasteiger partial charge >= 0.3 is 12.0 Å². The minimum atomic E-state index is -0.632. The Hall–Kier alpha value is -3.00. The number of benzene rings is 2. The highest BCUT2D eigenvalue weighted by Gasteiger charge is 2.24. The molecule has 2 aromatic carbocycles.